The van der Waals surface area contributed by atoms with Crippen LogP contribution in [0.15, 0.2) is 89.9 Å². The van der Waals surface area contributed by atoms with E-state index in [0.29, 0.717) is 11.4 Å². The van der Waals surface area contributed by atoms with E-state index in [1.54, 1.807) is 53.4 Å². The molecule has 4 rings (SSSR count). The summed E-state index contributed by atoms with van der Waals surface area (Å²) < 4.78 is 12.7. The summed E-state index contributed by atoms with van der Waals surface area (Å²) in [5.41, 5.74) is 1.10. The Labute approximate surface area is 227 Å². The van der Waals surface area contributed by atoms with Gasteiger partial charge in [0.1, 0.15) is 17.4 Å². The second kappa shape index (κ2) is 10.6. The summed E-state index contributed by atoms with van der Waals surface area (Å²) in [6, 6.07) is 22.8. The number of anilines is 3. The summed E-state index contributed by atoms with van der Waals surface area (Å²) in [4.78, 5) is 34.1. The van der Waals surface area contributed by atoms with Crippen LogP contribution in [0, 0.1) is 5.82 Å². The molecule has 0 aliphatic carbocycles. The van der Waals surface area contributed by atoms with E-state index in [-0.39, 0.29) is 11.5 Å². The zero-order chi connectivity index (χ0) is 26.0. The molecule has 2 atom stereocenters. The van der Waals surface area contributed by atoms with Crippen molar-refractivity contribution in [3.05, 3.63) is 90.7 Å². The Hall–Kier alpha value is -2.84. The number of urea groups is 1. The molecule has 0 N–H and O–H groups in total. The number of para-hydroxylation sites is 3. The van der Waals surface area contributed by atoms with Crippen LogP contribution in [0.25, 0.3) is 0 Å². The van der Waals surface area contributed by atoms with E-state index < -0.39 is 33.1 Å². The molecule has 1 fully saturated rings. The Balaban J connectivity index is 1.95. The summed E-state index contributed by atoms with van der Waals surface area (Å²) in [5.74, 6) is -1.85. The normalized spacial score (nSPS) is 17.0. The monoisotopic (exact) mass is 566 g/mol. The lowest BCUT2D eigenvalue weighted by atomic mass is 10.2. The number of amidine groups is 1. The largest absolute Gasteiger partial charge is 0.337 e. The Kier molecular flexibility index (Phi) is 7.76. The maximum atomic E-state index is 14.7. The number of carbonyl (C=O) groups is 2. The number of hydrogen-bond donors (Lipinski definition) is 0. The van der Waals surface area contributed by atoms with E-state index >= 15 is 0 Å². The number of hydrogen-bond acceptors (Lipinski definition) is 4. The van der Waals surface area contributed by atoms with Crippen LogP contribution in [0.2, 0.25) is 0 Å². The lowest BCUT2D eigenvalue weighted by Gasteiger charge is -2.36. The number of imide groups is 1. The molecule has 0 spiro atoms. The number of benzene rings is 3. The minimum Gasteiger partial charge on any atom is -0.317 e. The molecule has 2 unspecified atom stereocenters. The highest BCUT2D eigenvalue weighted by molar-refractivity contribution is 6.70. The molecule has 186 valence electrons. The predicted octanol–water partition coefficient (Wildman–Crippen LogP) is 6.76. The number of halogens is 5. The van der Waals surface area contributed by atoms with Crippen LogP contribution in [0.1, 0.15) is 0 Å². The number of nitrogens with zero attached hydrogens (tertiary/aromatic N) is 4. The maximum absolute atomic E-state index is 14.7. The van der Waals surface area contributed by atoms with Crippen molar-refractivity contribution in [3.8, 4) is 0 Å². The van der Waals surface area contributed by atoms with Gasteiger partial charge in [0.15, 0.2) is 0 Å². The third-order valence-electron chi connectivity index (χ3n) is 5.44. The molecule has 0 radical (unpaired) electrons. The molecule has 1 saturated heterocycles. The predicted molar refractivity (Wildman–Crippen MR) is 143 cm³/mol. The van der Waals surface area contributed by atoms with Crippen LogP contribution >= 0.6 is 46.4 Å². The molecule has 1 aliphatic rings. The van der Waals surface area contributed by atoms with Crippen molar-refractivity contribution in [2.75, 3.05) is 16.8 Å². The van der Waals surface area contributed by atoms with Gasteiger partial charge in [-0.05, 0) is 36.4 Å². The average Bonchev–Trinajstić information content (AvgIpc) is 3.07. The van der Waals surface area contributed by atoms with Crippen LogP contribution in [0.3, 0.4) is 0 Å². The fourth-order valence-corrected chi connectivity index (χ4v) is 4.22. The fourth-order valence-electron chi connectivity index (χ4n) is 3.72. The lowest BCUT2D eigenvalue weighted by molar-refractivity contribution is -0.119. The van der Waals surface area contributed by atoms with Crippen molar-refractivity contribution < 1.29 is 14.0 Å². The molecular formula is C25H19Cl4FN4O2. The Morgan fingerprint density at radius 1 is 0.861 bits per heavy atom. The van der Waals surface area contributed by atoms with Gasteiger partial charge in [0.05, 0.1) is 5.69 Å². The summed E-state index contributed by atoms with van der Waals surface area (Å²) in [6.45, 7) is 0. The molecule has 11 heteroatoms. The summed E-state index contributed by atoms with van der Waals surface area (Å²) in [6.07, 6.45) is -1.21. The van der Waals surface area contributed by atoms with E-state index in [4.69, 9.17) is 46.4 Å². The summed E-state index contributed by atoms with van der Waals surface area (Å²) in [7, 11) is 1.27. The van der Waals surface area contributed by atoms with E-state index in [0.717, 1.165) is 9.80 Å². The van der Waals surface area contributed by atoms with E-state index in [1.807, 2.05) is 12.1 Å². The first-order valence-corrected chi connectivity index (χ1v) is 12.2. The van der Waals surface area contributed by atoms with E-state index in [1.165, 1.54) is 31.3 Å². The Bertz CT molecular complexity index is 1250. The van der Waals surface area contributed by atoms with Gasteiger partial charge >= 0.3 is 6.03 Å². The maximum Gasteiger partial charge on any atom is 0.337 e. The zero-order valence-electron chi connectivity index (χ0n) is 18.7. The number of alkyl halides is 4. The molecule has 6 nitrogen and oxygen atoms in total. The van der Waals surface area contributed by atoms with Gasteiger partial charge in [-0.3, -0.25) is 9.69 Å². The number of rotatable bonds is 6. The molecule has 3 amide bonds. The van der Waals surface area contributed by atoms with Gasteiger partial charge in [0.2, 0.25) is 9.63 Å². The molecule has 0 saturated carbocycles. The highest BCUT2D eigenvalue weighted by Crippen LogP contribution is 2.41. The van der Waals surface area contributed by atoms with Gasteiger partial charge in [-0.1, -0.05) is 83.3 Å². The lowest BCUT2D eigenvalue weighted by Crippen LogP contribution is -2.45. The SMILES string of the molecule is CN1C(=O)C(=NC(C(Cl)C(Cl)(Cl)Cl)N(c2ccccc2)c2ccccc2)N(c2ccccc2F)C1=O. The third kappa shape index (κ3) is 5.15. The van der Waals surface area contributed by atoms with Gasteiger partial charge in [-0.2, -0.15) is 0 Å². The first kappa shape index (κ1) is 26.2. The molecule has 1 aliphatic heterocycles. The molecule has 36 heavy (non-hydrogen) atoms. The summed E-state index contributed by atoms with van der Waals surface area (Å²) in [5, 5.41) is -1.31. The van der Waals surface area contributed by atoms with Gasteiger partial charge in [-0.25, -0.2) is 19.1 Å². The van der Waals surface area contributed by atoms with Gasteiger partial charge in [-0.15, -0.1) is 11.6 Å². The number of aliphatic imine (C=N–C) groups is 1. The van der Waals surface area contributed by atoms with Gasteiger partial charge < -0.3 is 4.90 Å². The molecule has 0 aromatic heterocycles. The average molecular weight is 568 g/mol. The molecule has 3 aromatic carbocycles. The van der Waals surface area contributed by atoms with Crippen molar-refractivity contribution in [2.45, 2.75) is 15.3 Å². The quantitative estimate of drug-likeness (QED) is 0.244. The van der Waals surface area contributed by atoms with Crippen molar-refractivity contribution in [3.63, 3.8) is 0 Å². The van der Waals surface area contributed by atoms with Gasteiger partial charge in [0.25, 0.3) is 5.91 Å². The topological polar surface area (TPSA) is 56.2 Å². The van der Waals surface area contributed by atoms with Crippen LogP contribution in [-0.4, -0.2) is 45.1 Å². The number of amides is 3. The second-order valence-corrected chi connectivity index (χ2v) is 10.6. The van der Waals surface area contributed by atoms with Crippen LogP contribution < -0.4 is 9.80 Å². The first-order valence-electron chi connectivity index (χ1n) is 10.7. The smallest absolute Gasteiger partial charge is 0.317 e. The standard InChI is InChI=1S/C25H19Cl4FN4O2/c1-32-23(35)22(34(24(32)36)19-15-9-8-14-18(19)30)31-21(20(26)25(27,28)29)33(16-10-4-2-5-11-16)17-12-6-3-7-13-17/h2-15,20-21H,1H3. The summed E-state index contributed by atoms with van der Waals surface area (Å²) >= 11 is 25.4. The minimum absolute atomic E-state index is 0.149. The van der Waals surface area contributed by atoms with Crippen LogP contribution in [0.4, 0.5) is 26.2 Å². The number of carbonyl (C=O) groups excluding carboxylic acids is 2. The molecule has 1 heterocycles. The van der Waals surface area contributed by atoms with Crippen molar-refractivity contribution >= 4 is 81.2 Å². The van der Waals surface area contributed by atoms with Crippen LogP contribution in [-0.2, 0) is 4.79 Å². The Morgan fingerprint density at radius 3 is 1.86 bits per heavy atom. The zero-order valence-corrected chi connectivity index (χ0v) is 21.8. The van der Waals surface area contributed by atoms with E-state index in [2.05, 4.69) is 4.99 Å². The first-order chi connectivity index (χ1) is 17.1. The molecule has 3 aromatic rings. The van der Waals surface area contributed by atoms with Crippen molar-refractivity contribution in [1.29, 1.82) is 0 Å². The Morgan fingerprint density at radius 2 is 1.36 bits per heavy atom. The third-order valence-corrected chi connectivity index (χ3v) is 7.03. The minimum atomic E-state index is -2.03. The fraction of sp³-hybridized carbons (Fsp3) is 0.160. The van der Waals surface area contributed by atoms with Crippen molar-refractivity contribution in [1.82, 2.24) is 4.90 Å². The van der Waals surface area contributed by atoms with E-state index in [9.17, 15) is 14.0 Å². The highest BCUT2D eigenvalue weighted by Gasteiger charge is 2.46. The number of likely N-dealkylation sites (N-methyl/N-ethyl adjacent to an activating group) is 1. The van der Waals surface area contributed by atoms with Gasteiger partial charge in [0, 0.05) is 18.4 Å². The van der Waals surface area contributed by atoms with Crippen molar-refractivity contribution in [2.24, 2.45) is 4.99 Å². The van der Waals surface area contributed by atoms with Crippen LogP contribution in [0.5, 0.6) is 0 Å². The highest BCUT2D eigenvalue weighted by atomic mass is 35.6. The molecular weight excluding hydrogens is 549 g/mol. The second-order valence-electron chi connectivity index (χ2n) is 7.78. The molecule has 0 bridgehead atoms.